The van der Waals surface area contributed by atoms with E-state index in [1.54, 1.807) is 12.1 Å². The summed E-state index contributed by atoms with van der Waals surface area (Å²) in [5.41, 5.74) is 8.44. The number of benzene rings is 1. The molecule has 4 nitrogen and oxygen atoms in total. The van der Waals surface area contributed by atoms with Gasteiger partial charge in [-0.1, -0.05) is 12.8 Å². The predicted octanol–water partition coefficient (Wildman–Crippen LogP) is 5.93. The lowest BCUT2D eigenvalue weighted by Crippen LogP contribution is -2.08. The molecule has 0 saturated heterocycles. The molecule has 3 aromatic rings. The second-order valence-electron chi connectivity index (χ2n) is 7.05. The average Bonchev–Trinajstić information content (AvgIpc) is 3.38. The van der Waals surface area contributed by atoms with E-state index in [1.165, 1.54) is 60.5 Å². The summed E-state index contributed by atoms with van der Waals surface area (Å²) >= 11 is 1.48. The minimum Gasteiger partial charge on any atom is -0.345 e. The first-order valence-electron chi connectivity index (χ1n) is 9.31. The van der Waals surface area contributed by atoms with Gasteiger partial charge in [0, 0.05) is 33.9 Å². The number of hydrogen-bond donors (Lipinski definition) is 1. The second kappa shape index (κ2) is 7.64. The number of nitrogens with one attached hydrogen (secondary N) is 1. The zero-order valence-electron chi connectivity index (χ0n) is 15.6. The molecule has 1 N–H and O–H groups in total. The van der Waals surface area contributed by atoms with Gasteiger partial charge in [0.2, 0.25) is 5.13 Å². The molecule has 0 aliphatic heterocycles. The molecular weight excluding hydrogens is 359 g/mol. The van der Waals surface area contributed by atoms with Gasteiger partial charge in [0.25, 0.3) is 0 Å². The number of aryl methyl sites for hydroxylation is 1. The topological polar surface area (TPSA) is 42.2 Å². The lowest BCUT2D eigenvalue weighted by atomic mass is 10.2. The third-order valence-electron chi connectivity index (χ3n) is 5.22. The summed E-state index contributed by atoms with van der Waals surface area (Å²) < 4.78 is 15.5. The highest BCUT2D eigenvalue weighted by Gasteiger charge is 2.20. The molecule has 0 bridgehead atoms. The molecule has 1 saturated carbocycles. The van der Waals surface area contributed by atoms with E-state index in [9.17, 15) is 4.39 Å². The summed E-state index contributed by atoms with van der Waals surface area (Å²) in [6.45, 7) is 4.34. The molecule has 1 aromatic carbocycles. The van der Waals surface area contributed by atoms with Gasteiger partial charge in [-0.2, -0.15) is 5.10 Å². The monoisotopic (exact) mass is 382 g/mol. The van der Waals surface area contributed by atoms with Crippen LogP contribution in [0.2, 0.25) is 0 Å². The maximum Gasteiger partial charge on any atom is 0.203 e. The SMILES string of the molecule is Cc1cc(/C=N\Nc2nc(-c3ccc(F)cc3)cs2)c(C)n1C1CCCC1. The zero-order chi connectivity index (χ0) is 18.8. The fraction of sp³-hybridized carbons (Fsp3) is 0.333. The van der Waals surface area contributed by atoms with Crippen molar-refractivity contribution in [2.45, 2.75) is 45.6 Å². The van der Waals surface area contributed by atoms with Gasteiger partial charge in [0.1, 0.15) is 5.82 Å². The molecule has 1 fully saturated rings. The molecular formula is C21H23FN4S. The minimum atomic E-state index is -0.243. The maximum absolute atomic E-state index is 13.0. The summed E-state index contributed by atoms with van der Waals surface area (Å²) in [5, 5.41) is 7.03. The predicted molar refractivity (Wildman–Crippen MR) is 110 cm³/mol. The van der Waals surface area contributed by atoms with Crippen LogP contribution in [0.5, 0.6) is 0 Å². The number of anilines is 1. The summed E-state index contributed by atoms with van der Waals surface area (Å²) in [4.78, 5) is 4.52. The summed E-state index contributed by atoms with van der Waals surface area (Å²) in [5.74, 6) is -0.243. The molecule has 0 atom stereocenters. The van der Waals surface area contributed by atoms with Gasteiger partial charge < -0.3 is 4.57 Å². The first-order chi connectivity index (χ1) is 13.1. The van der Waals surface area contributed by atoms with Crippen molar-refractivity contribution in [2.24, 2.45) is 5.10 Å². The summed E-state index contributed by atoms with van der Waals surface area (Å²) in [7, 11) is 0. The van der Waals surface area contributed by atoms with Crippen LogP contribution in [0.1, 0.15) is 48.7 Å². The van der Waals surface area contributed by atoms with Gasteiger partial charge in [-0.3, -0.25) is 5.43 Å². The molecule has 0 radical (unpaired) electrons. The number of halogens is 1. The van der Waals surface area contributed by atoms with Crippen LogP contribution in [0.4, 0.5) is 9.52 Å². The van der Waals surface area contributed by atoms with Crippen LogP contribution >= 0.6 is 11.3 Å². The molecule has 1 aliphatic rings. The normalized spacial score (nSPS) is 15.1. The number of hydrogen-bond acceptors (Lipinski definition) is 4. The van der Waals surface area contributed by atoms with Gasteiger partial charge in [-0.05, 0) is 57.0 Å². The van der Waals surface area contributed by atoms with E-state index >= 15 is 0 Å². The van der Waals surface area contributed by atoms with Crippen molar-refractivity contribution in [3.8, 4) is 11.3 Å². The fourth-order valence-electron chi connectivity index (χ4n) is 3.89. The van der Waals surface area contributed by atoms with Gasteiger partial charge in [0.15, 0.2) is 0 Å². The smallest absolute Gasteiger partial charge is 0.203 e. The van der Waals surface area contributed by atoms with Crippen molar-refractivity contribution >= 4 is 22.7 Å². The van der Waals surface area contributed by atoms with Crippen molar-refractivity contribution in [3.05, 3.63) is 58.5 Å². The van der Waals surface area contributed by atoms with Crippen molar-refractivity contribution in [2.75, 3.05) is 5.43 Å². The van der Waals surface area contributed by atoms with Gasteiger partial charge in [-0.25, -0.2) is 9.37 Å². The Bertz CT molecular complexity index is 949. The van der Waals surface area contributed by atoms with Crippen molar-refractivity contribution < 1.29 is 4.39 Å². The van der Waals surface area contributed by atoms with E-state index in [0.29, 0.717) is 6.04 Å². The van der Waals surface area contributed by atoms with E-state index in [-0.39, 0.29) is 5.82 Å². The molecule has 2 aromatic heterocycles. The van der Waals surface area contributed by atoms with E-state index < -0.39 is 0 Å². The standard InChI is InChI=1S/C21H23FN4S/c1-14-11-17(15(2)26(14)19-5-3-4-6-19)12-23-25-21-24-20(13-27-21)16-7-9-18(22)10-8-16/h7-13,19H,3-6H2,1-2H3,(H,24,25)/b23-12-. The Morgan fingerprint density at radius 1 is 1.22 bits per heavy atom. The van der Waals surface area contributed by atoms with Crippen LogP contribution in [0.15, 0.2) is 40.8 Å². The van der Waals surface area contributed by atoms with E-state index in [2.05, 4.69) is 40.0 Å². The molecule has 1 aliphatic carbocycles. The third-order valence-corrected chi connectivity index (χ3v) is 5.97. The van der Waals surface area contributed by atoms with E-state index in [1.807, 2.05) is 11.6 Å². The van der Waals surface area contributed by atoms with E-state index in [4.69, 9.17) is 0 Å². The minimum absolute atomic E-state index is 0.243. The number of hydrazone groups is 1. The van der Waals surface area contributed by atoms with Gasteiger partial charge >= 0.3 is 0 Å². The molecule has 0 spiro atoms. The molecule has 0 amide bonds. The van der Waals surface area contributed by atoms with E-state index in [0.717, 1.165) is 22.0 Å². The Morgan fingerprint density at radius 2 is 1.96 bits per heavy atom. The first-order valence-corrected chi connectivity index (χ1v) is 10.2. The lowest BCUT2D eigenvalue weighted by Gasteiger charge is -2.17. The Hall–Kier alpha value is -2.47. The van der Waals surface area contributed by atoms with Crippen molar-refractivity contribution in [1.29, 1.82) is 0 Å². The number of aromatic nitrogens is 2. The quantitative estimate of drug-likeness (QED) is 0.439. The molecule has 27 heavy (non-hydrogen) atoms. The van der Waals surface area contributed by atoms with Crippen LogP contribution < -0.4 is 5.43 Å². The second-order valence-corrected chi connectivity index (χ2v) is 7.91. The summed E-state index contributed by atoms with van der Waals surface area (Å²) in [6, 6.07) is 9.19. The lowest BCUT2D eigenvalue weighted by molar-refractivity contribution is 0.500. The van der Waals surface area contributed by atoms with Crippen LogP contribution in [-0.2, 0) is 0 Å². The molecule has 2 heterocycles. The van der Waals surface area contributed by atoms with Crippen molar-refractivity contribution in [3.63, 3.8) is 0 Å². The average molecular weight is 383 g/mol. The Morgan fingerprint density at radius 3 is 2.70 bits per heavy atom. The van der Waals surface area contributed by atoms with Gasteiger partial charge in [-0.15, -0.1) is 11.3 Å². The highest BCUT2D eigenvalue weighted by atomic mass is 32.1. The summed E-state index contributed by atoms with van der Waals surface area (Å²) in [6.07, 6.45) is 7.07. The Balaban J connectivity index is 1.45. The van der Waals surface area contributed by atoms with Crippen LogP contribution in [0.25, 0.3) is 11.3 Å². The molecule has 6 heteroatoms. The zero-order valence-corrected chi connectivity index (χ0v) is 16.4. The molecule has 4 rings (SSSR count). The molecule has 140 valence electrons. The Labute approximate surface area is 162 Å². The number of thiazole rings is 1. The van der Waals surface area contributed by atoms with Crippen LogP contribution in [0.3, 0.4) is 0 Å². The van der Waals surface area contributed by atoms with Crippen LogP contribution in [-0.4, -0.2) is 15.8 Å². The largest absolute Gasteiger partial charge is 0.345 e. The third kappa shape index (κ3) is 3.81. The highest BCUT2D eigenvalue weighted by molar-refractivity contribution is 7.14. The van der Waals surface area contributed by atoms with Crippen molar-refractivity contribution in [1.82, 2.24) is 9.55 Å². The fourth-order valence-corrected chi connectivity index (χ4v) is 4.56. The highest BCUT2D eigenvalue weighted by Crippen LogP contribution is 2.33. The maximum atomic E-state index is 13.0. The van der Waals surface area contributed by atoms with Crippen LogP contribution in [0, 0.1) is 19.7 Å². The first kappa shape index (κ1) is 17.9. The number of nitrogens with zero attached hydrogens (tertiary/aromatic N) is 3. The Kier molecular flexibility index (Phi) is 5.07. The van der Waals surface area contributed by atoms with Gasteiger partial charge in [0.05, 0.1) is 11.9 Å². The number of rotatable bonds is 5. The molecule has 0 unspecified atom stereocenters.